The van der Waals surface area contributed by atoms with E-state index >= 15 is 0 Å². The zero-order valence-electron chi connectivity index (χ0n) is 14.2. The van der Waals surface area contributed by atoms with E-state index in [9.17, 15) is 4.39 Å². The molecule has 9 nitrogen and oxygen atoms in total. The van der Waals surface area contributed by atoms with Gasteiger partial charge in [-0.15, -0.1) is 5.10 Å². The van der Waals surface area contributed by atoms with Crippen LogP contribution in [0.25, 0.3) is 16.9 Å². The molecule has 0 aliphatic rings. The maximum absolute atomic E-state index is 14.1. The van der Waals surface area contributed by atoms with Crippen LogP contribution in [0.4, 0.5) is 16.0 Å². The van der Waals surface area contributed by atoms with E-state index in [1.807, 2.05) is 6.92 Å². The first-order valence-electron chi connectivity index (χ1n) is 7.86. The molecule has 0 fully saturated rings. The average molecular weight is 353 g/mol. The molecule has 0 amide bonds. The first-order chi connectivity index (χ1) is 12.4. The number of fused-ring (bicyclic) bond motifs is 1. The second-order valence-electron chi connectivity index (χ2n) is 5.91. The number of aryl methyl sites for hydroxylation is 2. The Hall–Kier alpha value is -3.56. The van der Waals surface area contributed by atoms with Gasteiger partial charge in [0.2, 0.25) is 5.95 Å². The van der Waals surface area contributed by atoms with Crippen molar-refractivity contribution < 1.29 is 4.39 Å². The monoisotopic (exact) mass is 353 g/mol. The minimum Gasteiger partial charge on any atom is -0.399 e. The molecule has 0 bridgehead atoms. The molecule has 26 heavy (non-hydrogen) atoms. The van der Waals surface area contributed by atoms with Gasteiger partial charge in [0.15, 0.2) is 11.5 Å². The van der Waals surface area contributed by atoms with Crippen LogP contribution < -0.4 is 11.5 Å². The van der Waals surface area contributed by atoms with Crippen molar-refractivity contribution in [2.24, 2.45) is 0 Å². The number of anilines is 2. The summed E-state index contributed by atoms with van der Waals surface area (Å²) in [5.74, 6) is 1.43. The number of hydrogen-bond donors (Lipinski definition) is 2. The largest absolute Gasteiger partial charge is 0.399 e. The average Bonchev–Trinajstić information content (AvgIpc) is 3.12. The van der Waals surface area contributed by atoms with Crippen molar-refractivity contribution in [3.05, 3.63) is 47.4 Å². The highest BCUT2D eigenvalue weighted by Crippen LogP contribution is 2.22. The maximum atomic E-state index is 14.1. The summed E-state index contributed by atoms with van der Waals surface area (Å²) in [6.45, 7) is 3.79. The first kappa shape index (κ1) is 15.9. The van der Waals surface area contributed by atoms with Crippen LogP contribution in [0.1, 0.15) is 17.2 Å². The minimum atomic E-state index is -0.404. The molecule has 0 spiro atoms. The van der Waals surface area contributed by atoms with Crippen molar-refractivity contribution in [1.82, 2.24) is 34.5 Å². The third kappa shape index (κ3) is 2.61. The molecule has 0 unspecified atom stereocenters. The van der Waals surface area contributed by atoms with Crippen LogP contribution >= 0.6 is 0 Å². The van der Waals surface area contributed by atoms with E-state index in [4.69, 9.17) is 11.5 Å². The SMILES string of the molecule is Cc1nc(C)n(-c2nc(N)nc3c2cnn3Cc2ccc(N)cc2F)n1. The van der Waals surface area contributed by atoms with Crippen LogP contribution in [0.2, 0.25) is 0 Å². The molecule has 4 N–H and O–H groups in total. The highest BCUT2D eigenvalue weighted by molar-refractivity contribution is 5.83. The number of rotatable bonds is 3. The van der Waals surface area contributed by atoms with Gasteiger partial charge in [-0.1, -0.05) is 6.07 Å². The fourth-order valence-electron chi connectivity index (χ4n) is 2.81. The molecule has 132 valence electrons. The van der Waals surface area contributed by atoms with E-state index in [-0.39, 0.29) is 12.5 Å². The Morgan fingerprint density at radius 2 is 1.92 bits per heavy atom. The number of aromatic nitrogens is 7. The highest BCUT2D eigenvalue weighted by Gasteiger charge is 2.17. The Morgan fingerprint density at radius 1 is 1.12 bits per heavy atom. The fourth-order valence-corrected chi connectivity index (χ4v) is 2.81. The third-order valence-corrected chi connectivity index (χ3v) is 3.97. The van der Waals surface area contributed by atoms with Gasteiger partial charge in [-0.3, -0.25) is 0 Å². The molecule has 0 atom stereocenters. The van der Waals surface area contributed by atoms with E-state index in [1.165, 1.54) is 6.07 Å². The molecule has 3 aromatic heterocycles. The topological polar surface area (TPSA) is 126 Å². The number of nitrogen functional groups attached to an aromatic ring is 2. The normalized spacial score (nSPS) is 11.3. The summed E-state index contributed by atoms with van der Waals surface area (Å²) in [4.78, 5) is 12.8. The van der Waals surface area contributed by atoms with Crippen molar-refractivity contribution in [2.75, 3.05) is 11.5 Å². The van der Waals surface area contributed by atoms with Gasteiger partial charge in [0, 0.05) is 11.3 Å². The Kier molecular flexibility index (Phi) is 3.53. The van der Waals surface area contributed by atoms with Gasteiger partial charge in [0.05, 0.1) is 18.1 Å². The van der Waals surface area contributed by atoms with Gasteiger partial charge in [-0.05, 0) is 26.0 Å². The quantitative estimate of drug-likeness (QED) is 0.533. The fraction of sp³-hybridized carbons (Fsp3) is 0.188. The van der Waals surface area contributed by atoms with E-state index < -0.39 is 5.82 Å². The van der Waals surface area contributed by atoms with Gasteiger partial charge in [0.1, 0.15) is 17.5 Å². The van der Waals surface area contributed by atoms with Crippen LogP contribution in [0.15, 0.2) is 24.4 Å². The lowest BCUT2D eigenvalue weighted by Gasteiger charge is -2.08. The summed E-state index contributed by atoms with van der Waals surface area (Å²) in [5, 5.41) is 9.30. The highest BCUT2D eigenvalue weighted by atomic mass is 19.1. The van der Waals surface area contributed by atoms with Gasteiger partial charge >= 0.3 is 0 Å². The van der Waals surface area contributed by atoms with Gasteiger partial charge in [0.25, 0.3) is 0 Å². The molecule has 0 radical (unpaired) electrons. The molecule has 1 aromatic carbocycles. The second-order valence-corrected chi connectivity index (χ2v) is 5.91. The molecule has 10 heteroatoms. The maximum Gasteiger partial charge on any atom is 0.224 e. The van der Waals surface area contributed by atoms with Crippen LogP contribution in [0, 0.1) is 19.7 Å². The summed E-state index contributed by atoms with van der Waals surface area (Å²) >= 11 is 0. The van der Waals surface area contributed by atoms with Crippen LogP contribution in [-0.2, 0) is 6.54 Å². The van der Waals surface area contributed by atoms with E-state index in [0.717, 1.165) is 0 Å². The van der Waals surface area contributed by atoms with Crippen molar-refractivity contribution in [1.29, 1.82) is 0 Å². The molecule has 4 rings (SSSR count). The lowest BCUT2D eigenvalue weighted by molar-refractivity contribution is 0.590. The number of benzene rings is 1. The Morgan fingerprint density at radius 3 is 2.62 bits per heavy atom. The van der Waals surface area contributed by atoms with Gasteiger partial charge in [-0.25, -0.2) is 14.1 Å². The lowest BCUT2D eigenvalue weighted by atomic mass is 10.2. The molecule has 3 heterocycles. The first-order valence-corrected chi connectivity index (χ1v) is 7.86. The van der Waals surface area contributed by atoms with Crippen LogP contribution in [-0.4, -0.2) is 34.5 Å². The van der Waals surface area contributed by atoms with Crippen molar-refractivity contribution >= 4 is 22.7 Å². The second kappa shape index (κ2) is 5.76. The summed E-state index contributed by atoms with van der Waals surface area (Å²) in [6.07, 6.45) is 1.61. The molecular weight excluding hydrogens is 337 g/mol. The number of nitrogens with two attached hydrogens (primary N) is 2. The van der Waals surface area contributed by atoms with Crippen molar-refractivity contribution in [3.8, 4) is 5.82 Å². The predicted octanol–water partition coefficient (Wildman–Crippen LogP) is 1.38. The Balaban J connectivity index is 1.85. The molecule has 0 saturated heterocycles. The number of halogens is 1. The van der Waals surface area contributed by atoms with E-state index in [0.29, 0.717) is 39.8 Å². The Labute approximate surface area is 147 Å². The van der Waals surface area contributed by atoms with Gasteiger partial charge < -0.3 is 11.5 Å². The van der Waals surface area contributed by atoms with Crippen LogP contribution in [0.3, 0.4) is 0 Å². The lowest BCUT2D eigenvalue weighted by Crippen LogP contribution is -2.09. The van der Waals surface area contributed by atoms with Gasteiger partial charge in [-0.2, -0.15) is 19.7 Å². The standard InChI is InChI=1S/C16H16FN9/c1-8-21-9(2)26(24-8)15-12-6-20-25(14(12)22-16(19)23-15)7-10-3-4-11(18)5-13(10)17/h3-6H,7,18H2,1-2H3,(H2,19,22,23). The zero-order valence-corrected chi connectivity index (χ0v) is 14.2. The minimum absolute atomic E-state index is 0.0691. The zero-order chi connectivity index (χ0) is 18.4. The van der Waals surface area contributed by atoms with Crippen LogP contribution in [0.5, 0.6) is 0 Å². The predicted molar refractivity (Wildman–Crippen MR) is 94.0 cm³/mol. The summed E-state index contributed by atoms with van der Waals surface area (Å²) < 4.78 is 17.3. The molecule has 0 saturated carbocycles. The Bertz CT molecular complexity index is 1130. The summed E-state index contributed by atoms with van der Waals surface area (Å²) in [7, 11) is 0. The third-order valence-electron chi connectivity index (χ3n) is 3.97. The number of nitrogens with zero attached hydrogens (tertiary/aromatic N) is 7. The molecule has 4 aromatic rings. The molecule has 0 aliphatic carbocycles. The summed E-state index contributed by atoms with van der Waals surface area (Å²) in [6, 6.07) is 4.53. The molecule has 0 aliphatic heterocycles. The van der Waals surface area contributed by atoms with Crippen molar-refractivity contribution in [2.45, 2.75) is 20.4 Å². The van der Waals surface area contributed by atoms with E-state index in [2.05, 4.69) is 25.1 Å². The molecular formula is C16H16FN9. The van der Waals surface area contributed by atoms with E-state index in [1.54, 1.807) is 34.6 Å². The number of hydrogen-bond acceptors (Lipinski definition) is 7. The van der Waals surface area contributed by atoms with Crippen molar-refractivity contribution in [3.63, 3.8) is 0 Å². The smallest absolute Gasteiger partial charge is 0.224 e. The summed E-state index contributed by atoms with van der Waals surface area (Å²) in [5.41, 5.74) is 12.8.